The molecule has 0 radical (unpaired) electrons. The summed E-state index contributed by atoms with van der Waals surface area (Å²) in [5, 5.41) is 8.55. The van der Waals surface area contributed by atoms with Gasteiger partial charge in [-0.05, 0) is 13.8 Å². The molecule has 0 fully saturated rings. The molecule has 0 aromatic carbocycles. The van der Waals surface area contributed by atoms with Crippen molar-refractivity contribution in [2.24, 2.45) is 0 Å². The van der Waals surface area contributed by atoms with Crippen LogP contribution in [0.2, 0.25) is 0 Å². The van der Waals surface area contributed by atoms with Gasteiger partial charge in [-0.15, -0.1) is 11.3 Å². The van der Waals surface area contributed by atoms with Gasteiger partial charge in [-0.2, -0.15) is 0 Å². The Morgan fingerprint density at radius 2 is 2.09 bits per heavy atom. The van der Waals surface area contributed by atoms with E-state index in [2.05, 4.69) is 0 Å². The fraction of sp³-hybridized carbons (Fsp3) is 0.286. The van der Waals surface area contributed by atoms with E-state index in [0.29, 0.717) is 4.88 Å². The van der Waals surface area contributed by atoms with Crippen molar-refractivity contribution in [3.63, 3.8) is 0 Å². The van der Waals surface area contributed by atoms with Gasteiger partial charge in [-0.3, -0.25) is 0 Å². The summed E-state index contributed by atoms with van der Waals surface area (Å²) in [4.78, 5) is 11.0. The molecule has 11 heavy (non-hydrogen) atoms. The zero-order valence-corrected chi connectivity index (χ0v) is 6.96. The topological polar surface area (TPSA) is 37.3 Å². The van der Waals surface area contributed by atoms with E-state index in [9.17, 15) is 9.18 Å². The van der Waals surface area contributed by atoms with Gasteiger partial charge < -0.3 is 5.11 Å². The van der Waals surface area contributed by atoms with Crippen molar-refractivity contribution in [2.45, 2.75) is 13.8 Å². The normalized spacial score (nSPS) is 10.1. The first kappa shape index (κ1) is 8.20. The Morgan fingerprint density at radius 3 is 2.27 bits per heavy atom. The number of thiophene rings is 1. The third-order valence-electron chi connectivity index (χ3n) is 1.43. The van der Waals surface area contributed by atoms with Crippen molar-refractivity contribution in [2.75, 3.05) is 0 Å². The Labute approximate surface area is 67.3 Å². The maximum Gasteiger partial charge on any atom is 0.346 e. The maximum absolute atomic E-state index is 12.9. The summed E-state index contributed by atoms with van der Waals surface area (Å²) in [5.41, 5.74) is 0.236. The molecular formula is C7H7FO2S. The lowest BCUT2D eigenvalue weighted by Crippen LogP contribution is -1.94. The van der Waals surface area contributed by atoms with Crippen LogP contribution in [0.15, 0.2) is 0 Å². The van der Waals surface area contributed by atoms with Gasteiger partial charge in [-0.25, -0.2) is 9.18 Å². The Kier molecular flexibility index (Phi) is 1.95. The Hall–Kier alpha value is -0.900. The van der Waals surface area contributed by atoms with Crippen LogP contribution in [0.25, 0.3) is 0 Å². The molecule has 4 heteroatoms. The molecule has 1 aromatic heterocycles. The molecule has 0 atom stereocenters. The minimum atomic E-state index is -1.06. The monoisotopic (exact) mass is 174 g/mol. The maximum atomic E-state index is 12.9. The van der Waals surface area contributed by atoms with E-state index in [-0.39, 0.29) is 10.4 Å². The van der Waals surface area contributed by atoms with Gasteiger partial charge in [0.05, 0.1) is 0 Å². The number of aryl methyl sites for hydroxylation is 1. The predicted molar refractivity (Wildman–Crippen MR) is 40.7 cm³/mol. The van der Waals surface area contributed by atoms with Crippen molar-refractivity contribution in [3.05, 3.63) is 21.1 Å². The molecule has 60 valence electrons. The fourth-order valence-corrected chi connectivity index (χ4v) is 1.72. The molecule has 0 aliphatic carbocycles. The van der Waals surface area contributed by atoms with Crippen LogP contribution in [0.1, 0.15) is 20.1 Å². The summed E-state index contributed by atoms with van der Waals surface area (Å²) in [5.74, 6) is -1.45. The van der Waals surface area contributed by atoms with Crippen molar-refractivity contribution in [1.82, 2.24) is 0 Å². The van der Waals surface area contributed by atoms with E-state index >= 15 is 0 Å². The molecule has 0 saturated heterocycles. The van der Waals surface area contributed by atoms with Gasteiger partial charge in [-0.1, -0.05) is 0 Å². The number of carbonyl (C=O) groups is 1. The summed E-state index contributed by atoms with van der Waals surface area (Å²) in [6.45, 7) is 3.04. The first-order valence-electron chi connectivity index (χ1n) is 3.02. The Morgan fingerprint density at radius 1 is 1.55 bits per heavy atom. The lowest BCUT2D eigenvalue weighted by atomic mass is 10.2. The third kappa shape index (κ3) is 1.26. The predicted octanol–water partition coefficient (Wildman–Crippen LogP) is 2.20. The Bertz CT molecular complexity index is 304. The first-order valence-corrected chi connectivity index (χ1v) is 3.84. The third-order valence-corrected chi connectivity index (χ3v) is 2.60. The average Bonchev–Trinajstić information content (AvgIpc) is 2.17. The molecule has 0 aliphatic heterocycles. The van der Waals surface area contributed by atoms with Crippen molar-refractivity contribution >= 4 is 17.3 Å². The molecule has 1 aromatic rings. The summed E-state index contributed by atoms with van der Waals surface area (Å²) >= 11 is 0.975. The van der Waals surface area contributed by atoms with Crippen LogP contribution in [-0.4, -0.2) is 11.1 Å². The second kappa shape index (κ2) is 2.62. The van der Waals surface area contributed by atoms with E-state index in [0.717, 1.165) is 11.3 Å². The number of carboxylic acid groups (broad SMARTS) is 1. The second-order valence-corrected chi connectivity index (χ2v) is 3.46. The molecule has 2 nitrogen and oxygen atoms in total. The fourth-order valence-electron chi connectivity index (χ4n) is 0.842. The SMILES string of the molecule is Cc1sc(C(=O)O)c(C)c1F. The van der Waals surface area contributed by atoms with E-state index < -0.39 is 11.8 Å². The molecule has 1 rings (SSSR count). The van der Waals surface area contributed by atoms with Crippen LogP contribution in [0, 0.1) is 19.7 Å². The second-order valence-electron chi connectivity index (χ2n) is 2.23. The first-order chi connectivity index (χ1) is 5.04. The lowest BCUT2D eigenvalue weighted by Gasteiger charge is -1.87. The van der Waals surface area contributed by atoms with Crippen LogP contribution in [0.4, 0.5) is 4.39 Å². The molecule has 0 bridgehead atoms. The highest BCUT2D eigenvalue weighted by atomic mass is 32.1. The van der Waals surface area contributed by atoms with E-state index in [1.54, 1.807) is 6.92 Å². The smallest absolute Gasteiger partial charge is 0.346 e. The highest BCUT2D eigenvalue weighted by Crippen LogP contribution is 2.25. The van der Waals surface area contributed by atoms with E-state index in [4.69, 9.17) is 5.11 Å². The number of rotatable bonds is 1. The summed E-state index contributed by atoms with van der Waals surface area (Å²) < 4.78 is 12.9. The molecular weight excluding hydrogens is 167 g/mol. The van der Waals surface area contributed by atoms with Gasteiger partial charge in [0.2, 0.25) is 0 Å². The zero-order valence-electron chi connectivity index (χ0n) is 6.14. The van der Waals surface area contributed by atoms with Gasteiger partial charge in [0.15, 0.2) is 0 Å². The number of carboxylic acids is 1. The van der Waals surface area contributed by atoms with Gasteiger partial charge in [0, 0.05) is 10.4 Å². The lowest BCUT2D eigenvalue weighted by molar-refractivity contribution is 0.0701. The highest BCUT2D eigenvalue weighted by Gasteiger charge is 2.16. The van der Waals surface area contributed by atoms with E-state index in [1.807, 2.05) is 0 Å². The largest absolute Gasteiger partial charge is 0.477 e. The van der Waals surface area contributed by atoms with Crippen LogP contribution >= 0.6 is 11.3 Å². The van der Waals surface area contributed by atoms with Crippen LogP contribution in [-0.2, 0) is 0 Å². The molecule has 0 aliphatic rings. The molecule has 0 saturated carbocycles. The highest BCUT2D eigenvalue weighted by molar-refractivity contribution is 7.14. The molecule has 1 N–H and O–H groups in total. The molecule has 0 unspecified atom stereocenters. The zero-order chi connectivity index (χ0) is 8.59. The van der Waals surface area contributed by atoms with Crippen LogP contribution in [0.5, 0.6) is 0 Å². The van der Waals surface area contributed by atoms with Crippen molar-refractivity contribution in [3.8, 4) is 0 Å². The molecule has 1 heterocycles. The summed E-state index contributed by atoms with van der Waals surface area (Å²) in [6, 6.07) is 0. The van der Waals surface area contributed by atoms with Crippen molar-refractivity contribution < 1.29 is 14.3 Å². The average molecular weight is 174 g/mol. The minimum Gasteiger partial charge on any atom is -0.477 e. The summed E-state index contributed by atoms with van der Waals surface area (Å²) in [6.07, 6.45) is 0. The van der Waals surface area contributed by atoms with Crippen molar-refractivity contribution in [1.29, 1.82) is 0 Å². The van der Waals surface area contributed by atoms with Crippen LogP contribution < -0.4 is 0 Å². The van der Waals surface area contributed by atoms with Crippen LogP contribution in [0.3, 0.4) is 0 Å². The Balaban J connectivity index is 3.29. The standard InChI is InChI=1S/C7H7FO2S/c1-3-5(8)4(2)11-6(3)7(9)10/h1-2H3,(H,9,10). The van der Waals surface area contributed by atoms with Gasteiger partial charge >= 0.3 is 5.97 Å². The number of hydrogen-bond donors (Lipinski definition) is 1. The quantitative estimate of drug-likeness (QED) is 0.708. The van der Waals surface area contributed by atoms with E-state index in [1.165, 1.54) is 6.92 Å². The van der Waals surface area contributed by atoms with Gasteiger partial charge in [0.25, 0.3) is 0 Å². The molecule has 0 spiro atoms. The molecule has 0 amide bonds. The number of halogens is 1. The van der Waals surface area contributed by atoms with Gasteiger partial charge in [0.1, 0.15) is 10.7 Å². The minimum absolute atomic E-state index is 0.0972. The summed E-state index contributed by atoms with van der Waals surface area (Å²) in [7, 11) is 0. The number of hydrogen-bond acceptors (Lipinski definition) is 2. The number of aromatic carboxylic acids is 1.